The first-order chi connectivity index (χ1) is 13.7. The van der Waals surface area contributed by atoms with Gasteiger partial charge in [0.25, 0.3) is 0 Å². The highest BCUT2D eigenvalue weighted by atomic mass is 32.2. The third-order valence-electron chi connectivity index (χ3n) is 4.72. The Morgan fingerprint density at radius 2 is 2.07 bits per heavy atom. The van der Waals surface area contributed by atoms with Crippen LogP contribution in [-0.2, 0) is 21.2 Å². The lowest BCUT2D eigenvalue weighted by Crippen LogP contribution is -2.40. The molecule has 0 bridgehead atoms. The number of nitrogens with two attached hydrogens (primary N) is 1. The van der Waals surface area contributed by atoms with Gasteiger partial charge in [-0.15, -0.1) is 10.2 Å². The highest BCUT2D eigenvalue weighted by Gasteiger charge is 2.30. The zero-order chi connectivity index (χ0) is 21.2. The molecule has 3 N–H and O–H groups in total. The number of benzene rings is 1. The Kier molecular flexibility index (Phi) is 6.37. The first kappa shape index (κ1) is 21.4. The Labute approximate surface area is 174 Å². The van der Waals surface area contributed by atoms with Crippen molar-refractivity contribution in [2.75, 3.05) is 17.3 Å². The van der Waals surface area contributed by atoms with Crippen LogP contribution in [0.2, 0.25) is 0 Å². The van der Waals surface area contributed by atoms with Gasteiger partial charge in [0.15, 0.2) is 15.7 Å². The van der Waals surface area contributed by atoms with Crippen LogP contribution >= 0.6 is 11.8 Å². The molecule has 1 fully saturated rings. The Bertz CT molecular complexity index is 985. The molecule has 1 amide bonds. The van der Waals surface area contributed by atoms with E-state index in [1.165, 1.54) is 4.68 Å². The van der Waals surface area contributed by atoms with Crippen molar-refractivity contribution in [2.45, 2.75) is 50.2 Å². The average molecular weight is 440 g/mol. The first-order valence-electron chi connectivity index (χ1n) is 9.22. The molecule has 3 rings (SSSR count). The van der Waals surface area contributed by atoms with Crippen LogP contribution in [0.3, 0.4) is 0 Å². The van der Waals surface area contributed by atoms with Gasteiger partial charge < -0.3 is 15.9 Å². The van der Waals surface area contributed by atoms with Crippen LogP contribution in [0.15, 0.2) is 23.4 Å². The van der Waals surface area contributed by atoms with Gasteiger partial charge in [0.1, 0.15) is 12.4 Å². The quantitative estimate of drug-likeness (QED) is 0.482. The molecule has 0 spiro atoms. The van der Waals surface area contributed by atoms with Gasteiger partial charge in [-0.3, -0.25) is 4.79 Å². The molecule has 11 heteroatoms. The fourth-order valence-electron chi connectivity index (χ4n) is 3.09. The summed E-state index contributed by atoms with van der Waals surface area (Å²) < 4.78 is 30.2. The van der Waals surface area contributed by atoms with Crippen LogP contribution in [-0.4, -0.2) is 52.0 Å². The van der Waals surface area contributed by atoms with Crippen LogP contribution in [0.4, 0.5) is 0 Å². The number of hydrogen-bond donors (Lipinski definition) is 2. The summed E-state index contributed by atoms with van der Waals surface area (Å²) in [7, 11) is -3.05. The Balaban J connectivity index is 1.58. The van der Waals surface area contributed by atoms with Crippen molar-refractivity contribution in [3.05, 3.63) is 35.2 Å². The number of sulfone groups is 1. The summed E-state index contributed by atoms with van der Waals surface area (Å²) in [5.41, 5.74) is 2.03. The van der Waals surface area contributed by atoms with E-state index in [9.17, 15) is 13.2 Å². The number of rotatable bonds is 7. The van der Waals surface area contributed by atoms with E-state index in [2.05, 4.69) is 15.5 Å². The monoisotopic (exact) mass is 439 g/mol. The molecule has 0 saturated carbocycles. The van der Waals surface area contributed by atoms with Crippen LogP contribution in [0, 0.1) is 13.8 Å². The number of aromatic nitrogens is 3. The molecule has 2 aromatic rings. The van der Waals surface area contributed by atoms with Gasteiger partial charge in [0, 0.05) is 6.04 Å². The van der Waals surface area contributed by atoms with E-state index in [0.29, 0.717) is 17.4 Å². The SMILES string of the molecule is Cc1cccc(C)c1OCc1nnc(SC(C)C(=O)NC2CCS(=O)(=O)C2)n1N. The summed E-state index contributed by atoms with van der Waals surface area (Å²) in [6.07, 6.45) is 0.443. The predicted octanol–water partition coefficient (Wildman–Crippen LogP) is 0.972. The lowest BCUT2D eigenvalue weighted by atomic mass is 10.1. The van der Waals surface area contributed by atoms with Gasteiger partial charge in [0.2, 0.25) is 11.1 Å². The Morgan fingerprint density at radius 1 is 1.38 bits per heavy atom. The van der Waals surface area contributed by atoms with Gasteiger partial charge in [-0.2, -0.15) is 0 Å². The molecule has 1 aromatic carbocycles. The fraction of sp³-hybridized carbons (Fsp3) is 0.500. The second kappa shape index (κ2) is 8.62. The van der Waals surface area contributed by atoms with Crippen LogP contribution < -0.4 is 15.9 Å². The average Bonchev–Trinajstić information content (AvgIpc) is 3.16. The zero-order valence-corrected chi connectivity index (χ0v) is 18.2. The van der Waals surface area contributed by atoms with Gasteiger partial charge in [-0.05, 0) is 38.3 Å². The topological polar surface area (TPSA) is 129 Å². The van der Waals surface area contributed by atoms with Crippen molar-refractivity contribution in [1.82, 2.24) is 20.2 Å². The van der Waals surface area contributed by atoms with Crippen molar-refractivity contribution in [1.29, 1.82) is 0 Å². The summed E-state index contributed by atoms with van der Waals surface area (Å²) in [6, 6.07) is 5.55. The van der Waals surface area contributed by atoms with E-state index in [0.717, 1.165) is 28.6 Å². The molecule has 9 nitrogen and oxygen atoms in total. The third kappa shape index (κ3) is 5.21. The third-order valence-corrected chi connectivity index (χ3v) is 7.54. The first-order valence-corrected chi connectivity index (χ1v) is 11.9. The summed E-state index contributed by atoms with van der Waals surface area (Å²) in [5, 5.41) is 10.8. The van der Waals surface area contributed by atoms with E-state index in [4.69, 9.17) is 10.6 Å². The number of carbonyl (C=O) groups is 1. The van der Waals surface area contributed by atoms with Gasteiger partial charge >= 0.3 is 0 Å². The molecule has 0 radical (unpaired) electrons. The smallest absolute Gasteiger partial charge is 0.233 e. The minimum absolute atomic E-state index is 0.0109. The highest BCUT2D eigenvalue weighted by molar-refractivity contribution is 8.00. The van der Waals surface area contributed by atoms with Crippen molar-refractivity contribution < 1.29 is 17.9 Å². The van der Waals surface area contributed by atoms with Crippen LogP contribution in [0.5, 0.6) is 5.75 Å². The van der Waals surface area contributed by atoms with E-state index in [-0.39, 0.29) is 30.1 Å². The maximum Gasteiger partial charge on any atom is 0.233 e. The molecule has 2 unspecified atom stereocenters. The van der Waals surface area contributed by atoms with E-state index < -0.39 is 15.1 Å². The van der Waals surface area contributed by atoms with Gasteiger partial charge in [0.05, 0.1) is 16.8 Å². The van der Waals surface area contributed by atoms with Crippen molar-refractivity contribution in [3.8, 4) is 5.75 Å². The largest absolute Gasteiger partial charge is 0.485 e. The molecule has 1 aliphatic rings. The normalized spacial score (nSPS) is 19.1. The van der Waals surface area contributed by atoms with Gasteiger partial charge in [-0.25, -0.2) is 13.1 Å². The standard InChI is InChI=1S/C18H25N5O4S2/c1-11-5-4-6-12(2)16(11)27-9-15-21-22-18(23(15)19)28-13(3)17(24)20-14-7-8-29(25,26)10-14/h4-6,13-14H,7-10,19H2,1-3H3,(H,20,24). The van der Waals surface area contributed by atoms with Crippen molar-refractivity contribution in [2.24, 2.45) is 0 Å². The minimum Gasteiger partial charge on any atom is -0.485 e. The molecule has 158 valence electrons. The minimum atomic E-state index is -3.05. The highest BCUT2D eigenvalue weighted by Crippen LogP contribution is 2.25. The maximum atomic E-state index is 12.4. The predicted molar refractivity (Wildman–Crippen MR) is 111 cm³/mol. The summed E-state index contributed by atoms with van der Waals surface area (Å²) in [5.74, 6) is 7.13. The molecule has 1 saturated heterocycles. The second-order valence-corrected chi connectivity index (χ2v) is 10.7. The zero-order valence-electron chi connectivity index (χ0n) is 16.6. The van der Waals surface area contributed by atoms with Gasteiger partial charge in [-0.1, -0.05) is 30.0 Å². The summed E-state index contributed by atoms with van der Waals surface area (Å²) in [4.78, 5) is 12.4. The van der Waals surface area contributed by atoms with E-state index >= 15 is 0 Å². The number of carbonyl (C=O) groups excluding carboxylic acids is 1. The summed E-state index contributed by atoms with van der Waals surface area (Å²) >= 11 is 1.16. The van der Waals surface area contributed by atoms with Crippen LogP contribution in [0.25, 0.3) is 0 Å². The molecule has 2 atom stereocenters. The number of amides is 1. The molecule has 29 heavy (non-hydrogen) atoms. The second-order valence-electron chi connectivity index (χ2n) is 7.15. The number of nitrogen functional groups attached to an aromatic ring is 1. The van der Waals surface area contributed by atoms with Crippen LogP contribution in [0.1, 0.15) is 30.3 Å². The number of ether oxygens (including phenoxy) is 1. The number of aryl methyl sites for hydroxylation is 2. The molecular formula is C18H25N5O4S2. The van der Waals surface area contributed by atoms with E-state index in [1.807, 2.05) is 32.0 Å². The lowest BCUT2D eigenvalue weighted by Gasteiger charge is -2.15. The number of para-hydroxylation sites is 1. The number of thioether (sulfide) groups is 1. The summed E-state index contributed by atoms with van der Waals surface area (Å²) in [6.45, 7) is 5.79. The lowest BCUT2D eigenvalue weighted by molar-refractivity contribution is -0.120. The number of nitrogens with zero attached hydrogens (tertiary/aromatic N) is 3. The van der Waals surface area contributed by atoms with Crippen molar-refractivity contribution >= 4 is 27.5 Å². The Morgan fingerprint density at radius 3 is 2.69 bits per heavy atom. The molecule has 1 aliphatic heterocycles. The molecular weight excluding hydrogens is 414 g/mol. The maximum absolute atomic E-state index is 12.4. The molecule has 1 aromatic heterocycles. The number of hydrogen-bond acceptors (Lipinski definition) is 8. The van der Waals surface area contributed by atoms with E-state index in [1.54, 1.807) is 6.92 Å². The molecule has 2 heterocycles. The Hall–Kier alpha value is -2.27. The van der Waals surface area contributed by atoms with Crippen molar-refractivity contribution in [3.63, 3.8) is 0 Å². The molecule has 0 aliphatic carbocycles. The number of nitrogens with one attached hydrogen (secondary N) is 1. The fourth-order valence-corrected chi connectivity index (χ4v) is 5.56.